The number of thiophene rings is 1. The van der Waals surface area contributed by atoms with Crippen LogP contribution < -0.4 is 9.64 Å². The van der Waals surface area contributed by atoms with Crippen molar-refractivity contribution in [2.24, 2.45) is 0 Å². The highest BCUT2D eigenvalue weighted by atomic mass is 32.1. The molecule has 0 unspecified atom stereocenters. The second-order valence-electron chi connectivity index (χ2n) is 7.40. The summed E-state index contributed by atoms with van der Waals surface area (Å²) in [5.74, 6) is -0.0264. The number of nitrogens with zero attached hydrogens (tertiary/aromatic N) is 4. The highest BCUT2D eigenvalue weighted by Gasteiger charge is 2.19. The molecule has 0 radical (unpaired) electrons. The van der Waals surface area contributed by atoms with Gasteiger partial charge < -0.3 is 14.5 Å². The summed E-state index contributed by atoms with van der Waals surface area (Å²) in [6.07, 6.45) is 0. The lowest BCUT2D eigenvalue weighted by molar-refractivity contribution is -0.384. The van der Waals surface area contributed by atoms with Gasteiger partial charge in [-0.25, -0.2) is 9.78 Å². The Bertz CT molecular complexity index is 1310. The zero-order chi connectivity index (χ0) is 21.5. The molecular weight excluding hydrogens is 436 g/mol. The molecule has 3 heterocycles. The molecule has 5 rings (SSSR count). The number of anilines is 1. The van der Waals surface area contributed by atoms with Crippen LogP contribution in [0.3, 0.4) is 0 Å². The second-order valence-corrected chi connectivity index (χ2v) is 9.49. The van der Waals surface area contributed by atoms with Crippen molar-refractivity contribution in [1.29, 1.82) is 0 Å². The average Bonchev–Trinajstić information content (AvgIpc) is 3.37. The molecule has 1 saturated heterocycles. The molecule has 1 aliphatic rings. The lowest BCUT2D eigenvalue weighted by Crippen LogP contribution is -2.44. The summed E-state index contributed by atoms with van der Waals surface area (Å²) < 4.78 is 7.34. The average molecular weight is 455 g/mol. The zero-order valence-corrected chi connectivity index (χ0v) is 18.2. The van der Waals surface area contributed by atoms with Gasteiger partial charge in [-0.05, 0) is 31.3 Å². The van der Waals surface area contributed by atoms with Crippen LogP contribution in [-0.4, -0.2) is 54.0 Å². The number of carbonyl (C=O) groups is 1. The third kappa shape index (κ3) is 3.97. The van der Waals surface area contributed by atoms with Crippen LogP contribution >= 0.6 is 22.7 Å². The van der Waals surface area contributed by atoms with E-state index in [0.717, 1.165) is 46.2 Å². The molecule has 1 fully saturated rings. The molecule has 158 valence electrons. The molecule has 2 aromatic carbocycles. The maximum atomic E-state index is 12.7. The first-order valence-corrected chi connectivity index (χ1v) is 11.3. The van der Waals surface area contributed by atoms with Gasteiger partial charge >= 0.3 is 5.97 Å². The smallest absolute Gasteiger partial charge is 0.353 e. The van der Waals surface area contributed by atoms with E-state index in [-0.39, 0.29) is 5.69 Å². The van der Waals surface area contributed by atoms with Crippen LogP contribution in [-0.2, 0) is 0 Å². The lowest BCUT2D eigenvalue weighted by atomic mass is 10.2. The molecule has 0 spiro atoms. The van der Waals surface area contributed by atoms with Gasteiger partial charge in [0.1, 0.15) is 10.6 Å². The summed E-state index contributed by atoms with van der Waals surface area (Å²) in [5, 5.41) is 12.6. The monoisotopic (exact) mass is 454 g/mol. The van der Waals surface area contributed by atoms with Gasteiger partial charge in [-0.3, -0.25) is 10.1 Å². The Morgan fingerprint density at radius 3 is 2.65 bits per heavy atom. The van der Waals surface area contributed by atoms with Crippen molar-refractivity contribution in [1.82, 2.24) is 9.88 Å². The standard InChI is InChI=1S/C21H18N4O4S2/c1-23-6-8-24(9-7-23)21-22-16-4-3-15(12-18(16)31-21)29-20(26)19-11-13-10-14(25(27)28)2-5-17(13)30-19/h2-5,10-12H,6-9H2,1H3. The van der Waals surface area contributed by atoms with Gasteiger partial charge in [0, 0.05) is 54.5 Å². The molecule has 2 aromatic heterocycles. The Morgan fingerprint density at radius 1 is 1.06 bits per heavy atom. The van der Waals surface area contributed by atoms with E-state index < -0.39 is 10.9 Å². The topological polar surface area (TPSA) is 88.8 Å². The number of ether oxygens (including phenoxy) is 1. The Kier molecular flexibility index (Phi) is 5.05. The van der Waals surface area contributed by atoms with Crippen molar-refractivity contribution in [3.63, 3.8) is 0 Å². The van der Waals surface area contributed by atoms with Gasteiger partial charge in [-0.1, -0.05) is 11.3 Å². The van der Waals surface area contributed by atoms with Gasteiger partial charge in [-0.2, -0.15) is 0 Å². The Balaban J connectivity index is 1.35. The van der Waals surface area contributed by atoms with E-state index in [4.69, 9.17) is 9.72 Å². The van der Waals surface area contributed by atoms with Gasteiger partial charge in [-0.15, -0.1) is 11.3 Å². The van der Waals surface area contributed by atoms with Crippen LogP contribution in [0.15, 0.2) is 42.5 Å². The van der Waals surface area contributed by atoms with E-state index in [1.54, 1.807) is 29.5 Å². The third-order valence-corrected chi connectivity index (χ3v) is 7.42. The van der Waals surface area contributed by atoms with Crippen molar-refractivity contribution >= 4 is 59.8 Å². The van der Waals surface area contributed by atoms with Crippen LogP contribution in [0.2, 0.25) is 0 Å². The van der Waals surface area contributed by atoms with Crippen molar-refractivity contribution in [2.75, 3.05) is 38.1 Å². The second kappa shape index (κ2) is 7.88. The molecule has 0 atom stereocenters. The maximum absolute atomic E-state index is 12.7. The fourth-order valence-corrected chi connectivity index (χ4v) is 5.46. The highest BCUT2D eigenvalue weighted by Crippen LogP contribution is 2.33. The summed E-state index contributed by atoms with van der Waals surface area (Å²) in [6, 6.07) is 11.6. The van der Waals surface area contributed by atoms with Crippen molar-refractivity contribution < 1.29 is 14.5 Å². The number of likely N-dealkylation sites (N-methyl/N-ethyl adjacent to an activating group) is 1. The molecule has 1 aliphatic heterocycles. The molecule has 0 amide bonds. The number of aromatic nitrogens is 1. The van der Waals surface area contributed by atoms with Crippen LogP contribution in [0, 0.1) is 10.1 Å². The minimum atomic E-state index is -0.480. The van der Waals surface area contributed by atoms with Gasteiger partial charge in [0.15, 0.2) is 5.13 Å². The number of esters is 1. The number of piperazine rings is 1. The molecule has 31 heavy (non-hydrogen) atoms. The number of benzene rings is 2. The maximum Gasteiger partial charge on any atom is 0.353 e. The highest BCUT2D eigenvalue weighted by molar-refractivity contribution is 7.22. The predicted molar refractivity (Wildman–Crippen MR) is 123 cm³/mol. The first-order valence-electron chi connectivity index (χ1n) is 9.70. The predicted octanol–water partition coefficient (Wildman–Crippen LogP) is 4.39. The largest absolute Gasteiger partial charge is 0.422 e. The van der Waals surface area contributed by atoms with E-state index in [0.29, 0.717) is 16.0 Å². The molecule has 0 bridgehead atoms. The summed E-state index contributed by atoms with van der Waals surface area (Å²) in [7, 11) is 2.12. The Labute approximate surface area is 185 Å². The molecule has 4 aromatic rings. The quantitative estimate of drug-likeness (QED) is 0.196. The minimum Gasteiger partial charge on any atom is -0.422 e. The van der Waals surface area contributed by atoms with Crippen LogP contribution in [0.1, 0.15) is 9.67 Å². The van der Waals surface area contributed by atoms with Crippen molar-refractivity contribution in [2.45, 2.75) is 0 Å². The van der Waals surface area contributed by atoms with E-state index in [2.05, 4.69) is 16.8 Å². The Morgan fingerprint density at radius 2 is 1.87 bits per heavy atom. The number of hydrogen-bond acceptors (Lipinski definition) is 9. The third-order valence-electron chi connectivity index (χ3n) is 5.24. The van der Waals surface area contributed by atoms with E-state index in [1.165, 1.54) is 23.5 Å². The number of non-ortho nitro benzene ring substituents is 1. The fraction of sp³-hybridized carbons (Fsp3) is 0.238. The van der Waals surface area contributed by atoms with Crippen molar-refractivity contribution in [3.05, 3.63) is 57.5 Å². The number of fused-ring (bicyclic) bond motifs is 2. The normalized spacial score (nSPS) is 14.9. The SMILES string of the molecule is CN1CCN(c2nc3ccc(OC(=O)c4cc5cc([N+](=O)[O-])ccc5s4)cc3s2)CC1. The van der Waals surface area contributed by atoms with E-state index in [1.807, 2.05) is 12.1 Å². The number of rotatable bonds is 4. The van der Waals surface area contributed by atoms with Gasteiger partial charge in [0.25, 0.3) is 5.69 Å². The van der Waals surface area contributed by atoms with Gasteiger partial charge in [0.05, 0.1) is 15.1 Å². The summed E-state index contributed by atoms with van der Waals surface area (Å²) in [5.41, 5.74) is 0.880. The van der Waals surface area contributed by atoms with Crippen LogP contribution in [0.4, 0.5) is 10.8 Å². The van der Waals surface area contributed by atoms with Crippen molar-refractivity contribution in [3.8, 4) is 5.75 Å². The van der Waals surface area contributed by atoms with Crippen LogP contribution in [0.5, 0.6) is 5.75 Å². The summed E-state index contributed by atoms with van der Waals surface area (Å²) in [6.45, 7) is 3.92. The Hall–Kier alpha value is -3.08. The summed E-state index contributed by atoms with van der Waals surface area (Å²) >= 11 is 2.85. The number of thiazole rings is 1. The molecular formula is C21H18N4O4S2. The van der Waals surface area contributed by atoms with E-state index >= 15 is 0 Å². The molecule has 0 N–H and O–H groups in total. The van der Waals surface area contributed by atoms with Crippen LogP contribution in [0.25, 0.3) is 20.3 Å². The number of nitro groups is 1. The number of hydrogen-bond donors (Lipinski definition) is 0. The molecule has 10 heteroatoms. The lowest BCUT2D eigenvalue weighted by Gasteiger charge is -2.31. The number of nitro benzene ring substituents is 1. The molecule has 0 saturated carbocycles. The molecule has 0 aliphatic carbocycles. The fourth-order valence-electron chi connectivity index (χ4n) is 3.49. The first-order chi connectivity index (χ1) is 15.0. The summed E-state index contributed by atoms with van der Waals surface area (Å²) in [4.78, 5) is 32.9. The van der Waals surface area contributed by atoms with E-state index in [9.17, 15) is 14.9 Å². The molecule has 8 nitrogen and oxygen atoms in total. The number of carbonyl (C=O) groups excluding carboxylic acids is 1. The minimum absolute atomic E-state index is 0.00276. The zero-order valence-electron chi connectivity index (χ0n) is 16.6. The van der Waals surface area contributed by atoms with Gasteiger partial charge in [0.2, 0.25) is 0 Å². The first kappa shape index (κ1) is 19.9.